The highest BCUT2D eigenvalue weighted by Crippen LogP contribution is 2.38. The molecule has 1 unspecified atom stereocenters. The number of hydrogen-bond acceptors (Lipinski definition) is 5. The first-order valence-electron chi connectivity index (χ1n) is 12.1. The van der Waals surface area contributed by atoms with E-state index in [4.69, 9.17) is 14.6 Å². The average molecular weight is 514 g/mol. The van der Waals surface area contributed by atoms with E-state index in [1.54, 1.807) is 12.1 Å². The lowest BCUT2D eigenvalue weighted by Gasteiger charge is -2.22. The number of aliphatic hydroxyl groups excluding tert-OH is 1. The number of pyridine rings is 1. The smallest absolute Gasteiger partial charge is 0.305 e. The zero-order valence-corrected chi connectivity index (χ0v) is 21.8. The van der Waals surface area contributed by atoms with E-state index in [1.165, 1.54) is 12.1 Å². The summed E-state index contributed by atoms with van der Waals surface area (Å²) in [6.45, 7) is 6.41. The van der Waals surface area contributed by atoms with Crippen LogP contribution < -0.4 is 0 Å². The maximum Gasteiger partial charge on any atom is 0.305 e. The highest BCUT2D eigenvalue weighted by Gasteiger charge is 2.21. The van der Waals surface area contributed by atoms with Crippen molar-refractivity contribution in [3.63, 3.8) is 0 Å². The molecule has 1 aromatic heterocycles. The van der Waals surface area contributed by atoms with Gasteiger partial charge in [-0.05, 0) is 60.1 Å². The first-order valence-corrected chi connectivity index (χ1v) is 13.6. The molecule has 0 radical (unpaired) electrons. The first-order chi connectivity index (χ1) is 17.2. The molecule has 0 saturated heterocycles. The number of carbonyl (C=O) groups is 1. The molecular weight excluding hydrogens is 480 g/mol. The van der Waals surface area contributed by atoms with Crippen LogP contribution in [0.25, 0.3) is 22.4 Å². The van der Waals surface area contributed by atoms with Gasteiger partial charge in [0.2, 0.25) is 0 Å². The molecule has 0 fully saturated rings. The number of nitrogens with zero attached hydrogens (tertiary/aromatic N) is 1. The van der Waals surface area contributed by atoms with E-state index in [0.717, 1.165) is 39.2 Å². The minimum atomic E-state index is -2.55. The summed E-state index contributed by atoms with van der Waals surface area (Å²) in [5.41, 5.74) is 6.79. The highest BCUT2D eigenvalue weighted by molar-refractivity contribution is 7.39. The Balaban J connectivity index is 1.91. The molecule has 2 aromatic carbocycles. The summed E-state index contributed by atoms with van der Waals surface area (Å²) < 4.78 is 31.3. The van der Waals surface area contributed by atoms with Crippen molar-refractivity contribution in [2.24, 2.45) is 0 Å². The molecule has 0 aliphatic carbocycles. The summed E-state index contributed by atoms with van der Waals surface area (Å²) in [4.78, 5) is 15.8. The molecule has 3 aromatic rings. The molecule has 0 aliphatic rings. The van der Waals surface area contributed by atoms with Gasteiger partial charge >= 0.3 is 5.97 Å². The zero-order chi connectivity index (χ0) is 26.2. The summed E-state index contributed by atoms with van der Waals surface area (Å²) in [6.07, 6.45) is -0.663. The van der Waals surface area contributed by atoms with Crippen LogP contribution >= 0.6 is 8.03 Å². The molecule has 0 spiro atoms. The van der Waals surface area contributed by atoms with Crippen molar-refractivity contribution in [3.8, 4) is 22.4 Å². The third-order valence-corrected chi connectivity index (χ3v) is 7.28. The summed E-state index contributed by atoms with van der Waals surface area (Å²) >= 11 is 0. The van der Waals surface area contributed by atoms with Crippen molar-refractivity contribution in [1.29, 1.82) is 0 Å². The summed E-state index contributed by atoms with van der Waals surface area (Å²) in [7, 11) is -2.55. The van der Waals surface area contributed by atoms with Crippen LogP contribution in [0.4, 0.5) is 4.39 Å². The van der Waals surface area contributed by atoms with Crippen LogP contribution in [0.15, 0.2) is 54.6 Å². The Kier molecular flexibility index (Phi) is 9.94. The predicted octanol–water partition coefficient (Wildman–Crippen LogP) is 6.25. The van der Waals surface area contributed by atoms with Crippen molar-refractivity contribution in [1.82, 2.24) is 4.98 Å². The maximum atomic E-state index is 13.7. The van der Waals surface area contributed by atoms with Gasteiger partial charge in [-0.25, -0.2) is 4.39 Å². The fourth-order valence-corrected chi connectivity index (χ4v) is 5.34. The Morgan fingerprint density at radius 2 is 1.75 bits per heavy atom. The number of carboxylic acid groups (broad SMARTS) is 1. The Morgan fingerprint density at radius 1 is 1.08 bits per heavy atom. The van der Waals surface area contributed by atoms with Crippen molar-refractivity contribution >= 4 is 14.0 Å². The van der Waals surface area contributed by atoms with Gasteiger partial charge in [-0.1, -0.05) is 56.3 Å². The molecule has 2 atom stereocenters. The second-order valence-electron chi connectivity index (χ2n) is 9.13. The number of carboxylic acids is 1. The Morgan fingerprint density at radius 3 is 2.36 bits per heavy atom. The van der Waals surface area contributed by atoms with Crippen LogP contribution in [0, 0.1) is 12.7 Å². The van der Waals surface area contributed by atoms with Gasteiger partial charge in [0, 0.05) is 17.4 Å². The monoisotopic (exact) mass is 513 g/mol. The van der Waals surface area contributed by atoms with Gasteiger partial charge in [0.05, 0.1) is 24.8 Å². The van der Waals surface area contributed by atoms with Crippen LogP contribution in [0.3, 0.4) is 0 Å². The van der Waals surface area contributed by atoms with Crippen LogP contribution in [0.5, 0.6) is 0 Å². The van der Waals surface area contributed by atoms with Gasteiger partial charge in [0.15, 0.2) is 8.03 Å². The van der Waals surface area contributed by atoms with Crippen LogP contribution in [-0.4, -0.2) is 40.0 Å². The van der Waals surface area contributed by atoms with E-state index in [2.05, 4.69) is 13.8 Å². The lowest BCUT2D eigenvalue weighted by molar-refractivity contribution is -0.138. The minimum absolute atomic E-state index is 0.133. The Hall–Kier alpha value is -2.86. The molecule has 2 N–H and O–H groups in total. The quantitative estimate of drug-likeness (QED) is 0.220. The third kappa shape index (κ3) is 7.33. The fourth-order valence-electron chi connectivity index (χ4n) is 4.32. The van der Waals surface area contributed by atoms with Crippen LogP contribution in [0.1, 0.15) is 49.4 Å². The number of hydrogen-bond donors (Lipinski definition) is 2. The van der Waals surface area contributed by atoms with Gasteiger partial charge < -0.3 is 14.7 Å². The number of halogens is 1. The van der Waals surface area contributed by atoms with E-state index in [9.17, 15) is 18.9 Å². The first kappa shape index (κ1) is 27.7. The summed E-state index contributed by atoms with van der Waals surface area (Å²) in [6, 6.07) is 16.4. The van der Waals surface area contributed by atoms with Crippen LogP contribution in [-0.2, 0) is 20.3 Å². The topological polar surface area (TPSA) is 96.7 Å². The van der Waals surface area contributed by atoms with E-state index in [-0.39, 0.29) is 24.5 Å². The molecule has 1 heterocycles. The second-order valence-corrected chi connectivity index (χ2v) is 10.6. The maximum absolute atomic E-state index is 13.7. The molecule has 8 heteroatoms. The third-order valence-electron chi connectivity index (χ3n) is 5.95. The number of benzene rings is 2. The number of aromatic nitrogens is 1. The highest BCUT2D eigenvalue weighted by atomic mass is 31.1. The molecule has 0 amide bonds. The predicted molar refractivity (Wildman–Crippen MR) is 140 cm³/mol. The standard InChI is InChI=1S/C28H33FNO5P/c1-18(2)27-24(10-7-15-35-36(34)17-23(31)16-25(32)33)26(20-11-13-22(29)14-12-20)19(3)28(30-27)21-8-5-4-6-9-21/h4-6,8-9,11-14,18,23,31,36H,7,10,15-17H2,1-3H3,(H,32,33)/t23-/m0/s1. The fraction of sp³-hybridized carbons (Fsp3) is 0.357. The Labute approximate surface area is 212 Å². The lowest BCUT2D eigenvalue weighted by Crippen LogP contribution is -2.15. The van der Waals surface area contributed by atoms with E-state index in [1.807, 2.05) is 37.3 Å². The largest absolute Gasteiger partial charge is 0.481 e. The minimum Gasteiger partial charge on any atom is -0.481 e. The van der Waals surface area contributed by atoms with Crippen molar-refractivity contribution in [2.45, 2.75) is 52.1 Å². The molecule has 36 heavy (non-hydrogen) atoms. The molecule has 0 saturated carbocycles. The van der Waals surface area contributed by atoms with Gasteiger partial charge in [0.1, 0.15) is 5.82 Å². The van der Waals surface area contributed by atoms with Crippen molar-refractivity contribution < 1.29 is 28.5 Å². The van der Waals surface area contributed by atoms with Gasteiger partial charge in [-0.15, -0.1) is 0 Å². The number of aliphatic carboxylic acids is 1. The molecule has 3 rings (SSSR count). The molecule has 192 valence electrons. The van der Waals surface area contributed by atoms with Gasteiger partial charge in [-0.2, -0.15) is 0 Å². The van der Waals surface area contributed by atoms with Crippen molar-refractivity contribution in [3.05, 3.63) is 77.2 Å². The molecular formula is C28H33FNO5P. The number of rotatable bonds is 12. The van der Waals surface area contributed by atoms with Gasteiger partial charge in [-0.3, -0.25) is 14.3 Å². The molecule has 0 aliphatic heterocycles. The molecule has 0 bridgehead atoms. The van der Waals surface area contributed by atoms with Gasteiger partial charge in [0.25, 0.3) is 0 Å². The number of aliphatic hydroxyl groups is 1. The Bertz CT molecular complexity index is 1200. The van der Waals surface area contributed by atoms with Crippen LogP contribution in [0.2, 0.25) is 0 Å². The van der Waals surface area contributed by atoms with E-state index >= 15 is 0 Å². The van der Waals surface area contributed by atoms with E-state index < -0.39 is 26.5 Å². The van der Waals surface area contributed by atoms with Crippen molar-refractivity contribution in [2.75, 3.05) is 12.8 Å². The normalized spacial score (nSPS) is 13.1. The second kappa shape index (κ2) is 12.9. The molecule has 6 nitrogen and oxygen atoms in total. The lowest BCUT2D eigenvalue weighted by atomic mass is 9.86. The SMILES string of the molecule is Cc1c(-c2ccccc2)nc(C(C)C)c(CCCO[PH](=O)C[C@@H](O)CC(=O)O)c1-c1ccc(F)cc1. The van der Waals surface area contributed by atoms with E-state index in [0.29, 0.717) is 12.8 Å². The summed E-state index contributed by atoms with van der Waals surface area (Å²) in [5, 5.41) is 18.4. The average Bonchev–Trinajstić information content (AvgIpc) is 2.82. The zero-order valence-electron chi connectivity index (χ0n) is 20.8. The summed E-state index contributed by atoms with van der Waals surface area (Å²) in [5.74, 6) is -1.31.